The van der Waals surface area contributed by atoms with Gasteiger partial charge < -0.3 is 15.8 Å². The molecule has 1 aliphatic heterocycles. The first-order chi connectivity index (χ1) is 14.9. The summed E-state index contributed by atoms with van der Waals surface area (Å²) in [7, 11) is 0. The van der Waals surface area contributed by atoms with E-state index in [-0.39, 0.29) is 24.3 Å². The molecule has 1 amide bonds. The molecule has 1 saturated heterocycles. The normalized spacial score (nSPS) is 16.9. The molecule has 2 unspecified atom stereocenters. The number of benzene rings is 1. The number of rotatable bonds is 5. The first-order valence-corrected chi connectivity index (χ1v) is 10.3. The van der Waals surface area contributed by atoms with Gasteiger partial charge in [-0.1, -0.05) is 11.6 Å². The van der Waals surface area contributed by atoms with Gasteiger partial charge in [0.2, 0.25) is 11.6 Å². The van der Waals surface area contributed by atoms with Gasteiger partial charge >= 0.3 is 0 Å². The molecule has 1 fully saturated rings. The maximum Gasteiger partial charge on any atom is 0.220 e. The van der Waals surface area contributed by atoms with Gasteiger partial charge in [-0.25, -0.2) is 19.5 Å². The Morgan fingerprint density at radius 2 is 2.26 bits per heavy atom. The molecule has 2 aromatic heterocycles. The predicted molar refractivity (Wildman–Crippen MR) is 118 cm³/mol. The number of ether oxygens (including phenoxy) is 1. The van der Waals surface area contributed by atoms with Crippen LogP contribution in [0.1, 0.15) is 49.0 Å². The Hall–Kier alpha value is -3.38. The molecule has 160 valence electrons. The number of nitrogen functional groups attached to an aromatic ring is 1. The molecule has 1 aromatic carbocycles. The van der Waals surface area contributed by atoms with Crippen molar-refractivity contribution < 1.29 is 9.53 Å². The minimum absolute atomic E-state index is 0.0566. The van der Waals surface area contributed by atoms with Crippen LogP contribution >= 0.6 is 11.6 Å². The van der Waals surface area contributed by atoms with Crippen molar-refractivity contribution in [2.75, 3.05) is 18.9 Å². The van der Waals surface area contributed by atoms with E-state index in [1.165, 1.54) is 6.33 Å². The summed E-state index contributed by atoms with van der Waals surface area (Å²) < 4.78 is 7.82. The molecule has 2 atom stereocenters. The first-order valence-electron chi connectivity index (χ1n) is 9.95. The number of aryl methyl sites for hydroxylation is 1. The van der Waals surface area contributed by atoms with E-state index in [4.69, 9.17) is 28.6 Å². The zero-order chi connectivity index (χ0) is 22.3. The van der Waals surface area contributed by atoms with Crippen LogP contribution in [0.5, 0.6) is 5.75 Å². The zero-order valence-corrected chi connectivity index (χ0v) is 18.2. The molecule has 10 heteroatoms. The molecule has 9 nitrogen and oxygen atoms in total. The summed E-state index contributed by atoms with van der Waals surface area (Å²) in [6, 6.07) is 1.42. The second-order valence-corrected chi connectivity index (χ2v) is 7.86. The lowest BCUT2D eigenvalue weighted by Crippen LogP contribution is -2.15. The molecule has 31 heavy (non-hydrogen) atoms. The van der Waals surface area contributed by atoms with Crippen LogP contribution in [0.25, 0.3) is 15.9 Å². The molecule has 0 aliphatic carbocycles. The summed E-state index contributed by atoms with van der Waals surface area (Å²) in [6.07, 6.45) is 1.69. The van der Waals surface area contributed by atoms with Crippen molar-refractivity contribution in [2.45, 2.75) is 39.2 Å². The number of halogens is 1. The maximum atomic E-state index is 11.9. The number of nitrogens with two attached hydrogens (primary N) is 1. The number of hydrogen-bond donors (Lipinski definition) is 2. The van der Waals surface area contributed by atoms with Crippen LogP contribution in [-0.4, -0.2) is 38.8 Å². The molecule has 1 aliphatic rings. The average Bonchev–Trinajstić information content (AvgIpc) is 3.32. The van der Waals surface area contributed by atoms with Crippen LogP contribution in [-0.2, 0) is 4.79 Å². The Kier molecular flexibility index (Phi) is 5.41. The third kappa shape index (κ3) is 3.43. The summed E-state index contributed by atoms with van der Waals surface area (Å²) in [5, 5.41) is 8.49. The Labute approximate surface area is 184 Å². The van der Waals surface area contributed by atoms with Gasteiger partial charge in [0.15, 0.2) is 5.65 Å². The molecule has 4 rings (SSSR count). The number of nitrogens with zero attached hydrogens (tertiary/aromatic N) is 5. The molecule has 0 bridgehead atoms. The van der Waals surface area contributed by atoms with E-state index in [1.807, 2.05) is 20.8 Å². The van der Waals surface area contributed by atoms with Gasteiger partial charge in [-0.2, -0.15) is 5.10 Å². The van der Waals surface area contributed by atoms with Crippen LogP contribution < -0.4 is 15.8 Å². The highest BCUT2D eigenvalue weighted by Crippen LogP contribution is 2.47. The summed E-state index contributed by atoms with van der Waals surface area (Å²) in [5.41, 5.74) is 9.10. The van der Waals surface area contributed by atoms with Crippen molar-refractivity contribution in [3.05, 3.63) is 45.7 Å². The van der Waals surface area contributed by atoms with E-state index in [0.29, 0.717) is 57.7 Å². The second-order valence-electron chi connectivity index (χ2n) is 7.45. The topological polar surface area (TPSA) is 112 Å². The van der Waals surface area contributed by atoms with E-state index in [1.54, 1.807) is 10.7 Å². The standard InChI is InChI=1S/C21H22ClN7O2/c1-5-31-19-13(7-14(22)18(24-4)17(19)12-6-15(30)25-8-12)11(3)29-21-16(10(2)28-29)20(23)26-9-27-21/h7,9,11-12H,5-6,8H2,1-3H3,(H,25,30)(H2,23,26,27). The van der Waals surface area contributed by atoms with Crippen molar-refractivity contribution in [1.82, 2.24) is 25.1 Å². The second kappa shape index (κ2) is 8.04. The van der Waals surface area contributed by atoms with Crippen molar-refractivity contribution in [3.63, 3.8) is 0 Å². The summed E-state index contributed by atoms with van der Waals surface area (Å²) >= 11 is 6.55. The summed E-state index contributed by atoms with van der Waals surface area (Å²) in [4.78, 5) is 24.0. The predicted octanol–water partition coefficient (Wildman–Crippen LogP) is 3.53. The molecule has 0 spiro atoms. The van der Waals surface area contributed by atoms with E-state index >= 15 is 0 Å². The third-order valence-corrected chi connectivity index (χ3v) is 5.85. The molecule has 0 radical (unpaired) electrons. The summed E-state index contributed by atoms with van der Waals surface area (Å²) in [5.74, 6) is 0.675. The van der Waals surface area contributed by atoms with Gasteiger partial charge in [0.1, 0.15) is 17.9 Å². The highest BCUT2D eigenvalue weighted by Gasteiger charge is 2.33. The van der Waals surface area contributed by atoms with E-state index < -0.39 is 0 Å². The van der Waals surface area contributed by atoms with Gasteiger partial charge in [-0.15, -0.1) is 0 Å². The maximum absolute atomic E-state index is 11.9. The molecule has 0 saturated carbocycles. The Balaban J connectivity index is 1.95. The largest absolute Gasteiger partial charge is 0.495 e. The van der Waals surface area contributed by atoms with Crippen molar-refractivity contribution >= 4 is 40.0 Å². The number of nitrogens with one attached hydrogen (secondary N) is 1. The molecular weight excluding hydrogens is 418 g/mol. The third-order valence-electron chi connectivity index (χ3n) is 5.57. The molecule has 3 aromatic rings. The minimum atomic E-state index is -0.326. The van der Waals surface area contributed by atoms with Gasteiger partial charge in [0.05, 0.1) is 30.3 Å². The van der Waals surface area contributed by atoms with E-state index in [2.05, 4.69) is 25.2 Å². The monoisotopic (exact) mass is 439 g/mol. The Morgan fingerprint density at radius 1 is 1.48 bits per heavy atom. The van der Waals surface area contributed by atoms with Crippen molar-refractivity contribution in [1.29, 1.82) is 0 Å². The van der Waals surface area contributed by atoms with Gasteiger partial charge in [0, 0.05) is 35.0 Å². The van der Waals surface area contributed by atoms with E-state index in [0.717, 1.165) is 5.56 Å². The number of aromatic nitrogens is 4. The van der Waals surface area contributed by atoms with Crippen LogP contribution in [0.2, 0.25) is 5.02 Å². The molecular formula is C21H22ClN7O2. The lowest BCUT2D eigenvalue weighted by molar-refractivity contribution is -0.119. The highest BCUT2D eigenvalue weighted by atomic mass is 35.5. The molecule has 3 N–H and O–H groups in total. The highest BCUT2D eigenvalue weighted by molar-refractivity contribution is 6.33. The van der Waals surface area contributed by atoms with Gasteiger partial charge in [-0.3, -0.25) is 4.79 Å². The van der Waals surface area contributed by atoms with Crippen molar-refractivity contribution in [3.8, 4) is 5.75 Å². The van der Waals surface area contributed by atoms with Crippen LogP contribution in [0.15, 0.2) is 12.4 Å². The fourth-order valence-electron chi connectivity index (χ4n) is 4.15. The quantitative estimate of drug-likeness (QED) is 0.588. The van der Waals surface area contributed by atoms with Gasteiger partial charge in [0.25, 0.3) is 0 Å². The van der Waals surface area contributed by atoms with Crippen molar-refractivity contribution in [2.24, 2.45) is 0 Å². The fraction of sp³-hybridized carbons (Fsp3) is 0.381. The number of carbonyl (C=O) groups is 1. The number of anilines is 1. The number of hydrogen-bond acceptors (Lipinski definition) is 6. The van der Waals surface area contributed by atoms with Crippen LogP contribution in [0.3, 0.4) is 0 Å². The Morgan fingerprint density at radius 3 is 2.90 bits per heavy atom. The number of fused-ring (bicyclic) bond motifs is 1. The first kappa shape index (κ1) is 20.9. The number of amides is 1. The average molecular weight is 440 g/mol. The van der Waals surface area contributed by atoms with Gasteiger partial charge in [-0.05, 0) is 26.8 Å². The SMILES string of the molecule is [C-]#[N+]c1c(Cl)cc(C(C)n2nc(C)c3c(N)ncnc32)c(OCC)c1C1CNC(=O)C1. The smallest absolute Gasteiger partial charge is 0.220 e. The number of carbonyl (C=O) groups excluding carboxylic acids is 1. The summed E-state index contributed by atoms with van der Waals surface area (Å²) in [6.45, 7) is 14.2. The lowest BCUT2D eigenvalue weighted by atomic mass is 9.91. The van der Waals surface area contributed by atoms with Crippen LogP contribution in [0.4, 0.5) is 11.5 Å². The minimum Gasteiger partial charge on any atom is -0.495 e. The molecule has 3 heterocycles. The van der Waals surface area contributed by atoms with Crippen LogP contribution in [0, 0.1) is 13.5 Å². The lowest BCUT2D eigenvalue weighted by Gasteiger charge is -2.24. The zero-order valence-electron chi connectivity index (χ0n) is 17.4. The fourth-order valence-corrected chi connectivity index (χ4v) is 4.41. The van der Waals surface area contributed by atoms with E-state index in [9.17, 15) is 4.79 Å². The Bertz CT molecular complexity index is 1230.